The van der Waals surface area contributed by atoms with Crippen molar-refractivity contribution >= 4 is 40.1 Å². The van der Waals surface area contributed by atoms with Crippen LogP contribution in [0.3, 0.4) is 0 Å². The first-order valence-electron chi connectivity index (χ1n) is 8.58. The van der Waals surface area contributed by atoms with Gasteiger partial charge in [0.05, 0.1) is 28.2 Å². The number of nitrogens with zero attached hydrogens (tertiary/aromatic N) is 2. The van der Waals surface area contributed by atoms with Crippen molar-refractivity contribution in [2.75, 3.05) is 18.9 Å². The number of alkyl halides is 3. The Labute approximate surface area is 173 Å². The number of imidazole rings is 1. The molecule has 0 aliphatic rings. The topological polar surface area (TPSA) is 87.2 Å². The number of fused-ring (bicyclic) bond motifs is 1. The number of halogens is 4. The molecule has 158 valence electrons. The van der Waals surface area contributed by atoms with Crippen LogP contribution in [-0.4, -0.2) is 39.9 Å². The van der Waals surface area contributed by atoms with Gasteiger partial charge in [0.15, 0.2) is 0 Å². The highest BCUT2D eigenvalue weighted by Crippen LogP contribution is 2.36. The number of aromatic amines is 1. The van der Waals surface area contributed by atoms with E-state index < -0.39 is 35.1 Å². The number of hydrogen-bond donors (Lipinski definition) is 2. The van der Waals surface area contributed by atoms with Crippen molar-refractivity contribution in [3.63, 3.8) is 0 Å². The molecule has 2 aromatic carbocycles. The summed E-state index contributed by atoms with van der Waals surface area (Å²) in [5.74, 6) is -1.18. The molecular weight excluding hydrogens is 425 g/mol. The summed E-state index contributed by atoms with van der Waals surface area (Å²) in [6.07, 6.45) is -4.67. The maximum Gasteiger partial charge on any atom is 0.417 e. The second-order valence-electron chi connectivity index (χ2n) is 6.62. The molecule has 1 heterocycles. The molecule has 2 N–H and O–H groups in total. The van der Waals surface area contributed by atoms with Crippen LogP contribution in [0.4, 0.5) is 18.9 Å². The Hall–Kier alpha value is -3.27. The van der Waals surface area contributed by atoms with Crippen molar-refractivity contribution in [3.05, 3.63) is 63.0 Å². The van der Waals surface area contributed by atoms with Gasteiger partial charge in [-0.2, -0.15) is 13.2 Å². The molecule has 1 aromatic heterocycles. The number of nitrogens with one attached hydrogen (secondary N) is 2. The van der Waals surface area contributed by atoms with Gasteiger partial charge >= 0.3 is 11.9 Å². The summed E-state index contributed by atoms with van der Waals surface area (Å²) in [7, 11) is 2.96. The first kappa shape index (κ1) is 21.4. The minimum Gasteiger partial charge on any atom is -0.332 e. The number of hydrogen-bond acceptors (Lipinski definition) is 3. The van der Waals surface area contributed by atoms with Gasteiger partial charge in [-0.15, -0.1) is 0 Å². The van der Waals surface area contributed by atoms with E-state index in [0.29, 0.717) is 11.0 Å². The van der Waals surface area contributed by atoms with E-state index in [1.54, 1.807) is 13.1 Å². The van der Waals surface area contributed by atoms with Crippen LogP contribution in [0.15, 0.2) is 41.2 Å². The molecule has 0 bridgehead atoms. The van der Waals surface area contributed by atoms with Crippen molar-refractivity contribution in [2.45, 2.75) is 6.18 Å². The number of likely N-dealkylation sites (N-methyl/N-ethyl adjacent to an activating group) is 1. The van der Waals surface area contributed by atoms with Gasteiger partial charge in [-0.1, -0.05) is 11.6 Å². The number of aromatic nitrogens is 2. The van der Waals surface area contributed by atoms with Gasteiger partial charge in [-0.05, 0) is 36.4 Å². The van der Waals surface area contributed by atoms with Gasteiger partial charge in [0.2, 0.25) is 5.91 Å². The number of benzene rings is 2. The molecule has 0 spiro atoms. The van der Waals surface area contributed by atoms with Crippen LogP contribution < -0.4 is 11.0 Å². The van der Waals surface area contributed by atoms with Crippen LogP contribution in [0.1, 0.15) is 15.9 Å². The Morgan fingerprint density at radius 3 is 2.57 bits per heavy atom. The number of carbonyl (C=O) groups is 2. The second-order valence-corrected chi connectivity index (χ2v) is 7.03. The fourth-order valence-electron chi connectivity index (χ4n) is 2.90. The van der Waals surface area contributed by atoms with E-state index in [0.717, 1.165) is 17.0 Å². The third-order valence-corrected chi connectivity index (χ3v) is 4.76. The zero-order chi connectivity index (χ0) is 22.2. The second kappa shape index (κ2) is 7.86. The molecule has 0 unspecified atom stereocenters. The van der Waals surface area contributed by atoms with Gasteiger partial charge in [0.25, 0.3) is 5.91 Å². The predicted octanol–water partition coefficient (Wildman–Crippen LogP) is 3.25. The zero-order valence-electron chi connectivity index (χ0n) is 15.8. The number of rotatable bonds is 4. The molecule has 30 heavy (non-hydrogen) atoms. The van der Waals surface area contributed by atoms with Gasteiger partial charge in [0, 0.05) is 25.3 Å². The van der Waals surface area contributed by atoms with Crippen molar-refractivity contribution in [2.24, 2.45) is 7.05 Å². The summed E-state index contributed by atoms with van der Waals surface area (Å²) in [5.41, 5.74) is -0.182. The third-order valence-electron chi connectivity index (χ3n) is 4.43. The molecule has 0 radical (unpaired) electrons. The summed E-state index contributed by atoms with van der Waals surface area (Å²) < 4.78 is 40.2. The molecular formula is C19H16ClF3N4O3. The lowest BCUT2D eigenvalue weighted by molar-refractivity contribution is -0.137. The molecule has 2 amide bonds. The molecule has 3 aromatic rings. The quantitative estimate of drug-likeness (QED) is 0.653. The Morgan fingerprint density at radius 1 is 1.20 bits per heavy atom. The Kier molecular flexibility index (Phi) is 5.62. The molecule has 0 saturated heterocycles. The van der Waals surface area contributed by atoms with Crippen LogP contribution in [-0.2, 0) is 18.0 Å². The van der Waals surface area contributed by atoms with Crippen molar-refractivity contribution in [1.82, 2.24) is 14.5 Å². The van der Waals surface area contributed by atoms with E-state index in [-0.39, 0.29) is 16.9 Å². The highest BCUT2D eigenvalue weighted by Gasteiger charge is 2.33. The maximum absolute atomic E-state index is 12.9. The van der Waals surface area contributed by atoms with Gasteiger partial charge < -0.3 is 15.2 Å². The first-order chi connectivity index (χ1) is 14.0. The summed E-state index contributed by atoms with van der Waals surface area (Å²) in [6.45, 7) is -0.397. The lowest BCUT2D eigenvalue weighted by Crippen LogP contribution is -2.35. The number of amides is 2. The van der Waals surface area contributed by atoms with Crippen LogP contribution in [0.2, 0.25) is 5.02 Å². The molecule has 11 heteroatoms. The van der Waals surface area contributed by atoms with Crippen LogP contribution in [0.25, 0.3) is 11.0 Å². The van der Waals surface area contributed by atoms with E-state index in [4.69, 9.17) is 11.6 Å². The fraction of sp³-hybridized carbons (Fsp3) is 0.211. The SMILES string of the molecule is CN(CC(=O)Nc1ccc(Cl)c(C(F)(F)F)c1)C(=O)c1ccc2c(c1)[nH]c(=O)n2C. The van der Waals surface area contributed by atoms with E-state index >= 15 is 0 Å². The number of carbonyl (C=O) groups excluding carboxylic acids is 2. The summed E-state index contributed by atoms with van der Waals surface area (Å²) >= 11 is 5.55. The minimum atomic E-state index is -4.67. The summed E-state index contributed by atoms with van der Waals surface area (Å²) in [4.78, 5) is 40.2. The predicted molar refractivity (Wildman–Crippen MR) is 106 cm³/mol. The molecule has 7 nitrogen and oxygen atoms in total. The number of H-pyrrole nitrogens is 1. The van der Waals surface area contributed by atoms with Gasteiger partial charge in [-0.25, -0.2) is 4.79 Å². The van der Waals surface area contributed by atoms with E-state index in [2.05, 4.69) is 10.3 Å². The average Bonchev–Trinajstić information content (AvgIpc) is 2.95. The smallest absolute Gasteiger partial charge is 0.332 e. The average molecular weight is 441 g/mol. The Balaban J connectivity index is 1.71. The molecule has 0 atom stereocenters. The number of anilines is 1. The summed E-state index contributed by atoms with van der Waals surface area (Å²) in [6, 6.07) is 7.59. The van der Waals surface area contributed by atoms with Crippen molar-refractivity contribution in [3.8, 4) is 0 Å². The van der Waals surface area contributed by atoms with Crippen LogP contribution >= 0.6 is 11.6 Å². The third kappa shape index (κ3) is 4.33. The van der Waals surface area contributed by atoms with E-state index in [9.17, 15) is 27.6 Å². The van der Waals surface area contributed by atoms with E-state index in [1.165, 1.54) is 29.8 Å². The molecule has 3 rings (SSSR count). The molecule has 0 aliphatic heterocycles. The van der Waals surface area contributed by atoms with Crippen LogP contribution in [0.5, 0.6) is 0 Å². The largest absolute Gasteiger partial charge is 0.417 e. The maximum atomic E-state index is 12.9. The summed E-state index contributed by atoms with van der Waals surface area (Å²) in [5, 5.41) is 1.83. The minimum absolute atomic E-state index is 0.0964. The lowest BCUT2D eigenvalue weighted by Gasteiger charge is -2.17. The Bertz CT molecular complexity index is 1200. The first-order valence-corrected chi connectivity index (χ1v) is 8.96. The van der Waals surface area contributed by atoms with Crippen molar-refractivity contribution < 1.29 is 22.8 Å². The zero-order valence-corrected chi connectivity index (χ0v) is 16.6. The van der Waals surface area contributed by atoms with Gasteiger partial charge in [-0.3, -0.25) is 14.2 Å². The number of aryl methyl sites for hydroxylation is 1. The molecule has 0 fully saturated rings. The normalized spacial score (nSPS) is 11.5. The Morgan fingerprint density at radius 2 is 1.90 bits per heavy atom. The highest BCUT2D eigenvalue weighted by molar-refractivity contribution is 6.31. The molecule has 0 saturated carbocycles. The molecule has 0 aliphatic carbocycles. The standard InChI is InChI=1S/C19H16ClF3N4O3/c1-26(17(29)10-3-6-15-14(7-10)25-18(30)27(15)2)9-16(28)24-11-4-5-13(20)12(8-11)19(21,22)23/h3-8H,9H2,1-2H3,(H,24,28)(H,25,30). The monoisotopic (exact) mass is 440 g/mol. The van der Waals surface area contributed by atoms with Gasteiger partial charge in [0.1, 0.15) is 0 Å². The highest BCUT2D eigenvalue weighted by atomic mass is 35.5. The lowest BCUT2D eigenvalue weighted by atomic mass is 10.1. The van der Waals surface area contributed by atoms with Crippen LogP contribution in [0, 0.1) is 0 Å². The fourth-order valence-corrected chi connectivity index (χ4v) is 3.12. The van der Waals surface area contributed by atoms with E-state index in [1.807, 2.05) is 0 Å². The van der Waals surface area contributed by atoms with Crippen molar-refractivity contribution in [1.29, 1.82) is 0 Å².